The Hall–Kier alpha value is -0.810. The SMILES string of the molecule is CC(C)C(=O)N1CCCN(C(=O)CC(C)C2CCCNC2)CC1.Cl. The lowest BCUT2D eigenvalue weighted by atomic mass is 9.85. The van der Waals surface area contributed by atoms with E-state index in [4.69, 9.17) is 0 Å². The Bertz CT molecular complexity index is 411. The standard InChI is InChI=1S/C18H33N3O2.ClH/c1-14(2)18(23)21-9-5-8-20(10-11-21)17(22)12-15(3)16-6-4-7-19-13-16;/h14-16,19H,4-13H2,1-3H3;1H. The molecule has 2 unspecified atom stereocenters. The van der Waals surface area contributed by atoms with Crippen molar-refractivity contribution in [2.24, 2.45) is 17.8 Å². The maximum atomic E-state index is 12.6. The molecular formula is C18H34ClN3O2. The van der Waals surface area contributed by atoms with Gasteiger partial charge in [0.2, 0.25) is 11.8 Å². The first kappa shape index (κ1) is 21.2. The van der Waals surface area contributed by atoms with Gasteiger partial charge >= 0.3 is 0 Å². The molecule has 2 fully saturated rings. The van der Waals surface area contributed by atoms with Gasteiger partial charge in [-0.25, -0.2) is 0 Å². The molecule has 2 atom stereocenters. The fraction of sp³-hybridized carbons (Fsp3) is 0.889. The average Bonchev–Trinajstić information content (AvgIpc) is 2.80. The van der Waals surface area contributed by atoms with Crippen LogP contribution in [0.25, 0.3) is 0 Å². The highest BCUT2D eigenvalue weighted by Crippen LogP contribution is 2.23. The van der Waals surface area contributed by atoms with E-state index in [0.717, 1.165) is 32.6 Å². The first-order valence-electron chi connectivity index (χ1n) is 9.26. The first-order chi connectivity index (χ1) is 11.0. The number of nitrogens with one attached hydrogen (secondary N) is 1. The Balaban J connectivity index is 0.00000288. The molecule has 2 saturated heterocycles. The van der Waals surface area contributed by atoms with Gasteiger partial charge in [0.05, 0.1) is 0 Å². The lowest BCUT2D eigenvalue weighted by Crippen LogP contribution is -2.40. The number of hydrogen-bond acceptors (Lipinski definition) is 3. The molecule has 24 heavy (non-hydrogen) atoms. The molecule has 1 N–H and O–H groups in total. The maximum absolute atomic E-state index is 12.6. The van der Waals surface area contributed by atoms with Crippen molar-refractivity contribution in [1.29, 1.82) is 0 Å². The van der Waals surface area contributed by atoms with Crippen molar-refractivity contribution in [2.45, 2.75) is 46.5 Å². The van der Waals surface area contributed by atoms with Crippen molar-refractivity contribution < 1.29 is 9.59 Å². The van der Waals surface area contributed by atoms with E-state index < -0.39 is 0 Å². The molecule has 0 saturated carbocycles. The first-order valence-corrected chi connectivity index (χ1v) is 9.26. The molecule has 0 aliphatic carbocycles. The minimum Gasteiger partial charge on any atom is -0.341 e. The van der Waals surface area contributed by atoms with Gasteiger partial charge in [0.25, 0.3) is 0 Å². The van der Waals surface area contributed by atoms with Gasteiger partial charge in [0.15, 0.2) is 0 Å². The second-order valence-corrected chi connectivity index (χ2v) is 7.50. The summed E-state index contributed by atoms with van der Waals surface area (Å²) in [5, 5.41) is 3.44. The van der Waals surface area contributed by atoms with Crippen LogP contribution in [-0.4, -0.2) is 60.9 Å². The Morgan fingerprint density at radius 3 is 2.33 bits per heavy atom. The summed E-state index contributed by atoms with van der Waals surface area (Å²) < 4.78 is 0. The number of carbonyl (C=O) groups excluding carboxylic acids is 2. The molecule has 2 aliphatic rings. The average molecular weight is 360 g/mol. The predicted molar refractivity (Wildman–Crippen MR) is 99.2 cm³/mol. The number of carbonyl (C=O) groups is 2. The number of halogens is 1. The highest BCUT2D eigenvalue weighted by molar-refractivity contribution is 5.85. The summed E-state index contributed by atoms with van der Waals surface area (Å²) in [6.45, 7) is 11.2. The lowest BCUT2D eigenvalue weighted by molar-refractivity contribution is -0.136. The van der Waals surface area contributed by atoms with E-state index in [0.29, 0.717) is 31.3 Å². The Morgan fingerprint density at radius 1 is 1.04 bits per heavy atom. The van der Waals surface area contributed by atoms with Crippen LogP contribution < -0.4 is 5.32 Å². The number of piperidine rings is 1. The van der Waals surface area contributed by atoms with E-state index in [2.05, 4.69) is 12.2 Å². The zero-order valence-electron chi connectivity index (χ0n) is 15.4. The van der Waals surface area contributed by atoms with E-state index in [1.165, 1.54) is 12.8 Å². The summed E-state index contributed by atoms with van der Waals surface area (Å²) in [5.74, 6) is 1.57. The molecule has 2 rings (SSSR count). The number of hydrogen-bond donors (Lipinski definition) is 1. The third-order valence-electron chi connectivity index (χ3n) is 5.29. The van der Waals surface area contributed by atoms with Crippen molar-refractivity contribution in [3.8, 4) is 0 Å². The number of nitrogens with zero attached hydrogens (tertiary/aromatic N) is 2. The molecule has 140 valence electrons. The van der Waals surface area contributed by atoms with Crippen LogP contribution in [0.4, 0.5) is 0 Å². The van der Waals surface area contributed by atoms with Gasteiger partial charge in [0, 0.05) is 38.5 Å². The summed E-state index contributed by atoms with van der Waals surface area (Å²) >= 11 is 0. The molecule has 0 aromatic carbocycles. The summed E-state index contributed by atoms with van der Waals surface area (Å²) in [5.41, 5.74) is 0. The predicted octanol–water partition coefficient (Wildman–Crippen LogP) is 2.15. The van der Waals surface area contributed by atoms with Crippen LogP contribution in [0.2, 0.25) is 0 Å². The van der Waals surface area contributed by atoms with Crippen LogP contribution in [0.5, 0.6) is 0 Å². The van der Waals surface area contributed by atoms with E-state index in [1.807, 2.05) is 23.6 Å². The van der Waals surface area contributed by atoms with E-state index in [1.54, 1.807) is 0 Å². The monoisotopic (exact) mass is 359 g/mol. The highest BCUT2D eigenvalue weighted by Gasteiger charge is 2.26. The summed E-state index contributed by atoms with van der Waals surface area (Å²) in [4.78, 5) is 28.6. The van der Waals surface area contributed by atoms with Crippen LogP contribution in [0.15, 0.2) is 0 Å². The quantitative estimate of drug-likeness (QED) is 0.836. The molecule has 6 heteroatoms. The molecule has 0 bridgehead atoms. The Kier molecular flexibility index (Phi) is 9.06. The Morgan fingerprint density at radius 2 is 1.71 bits per heavy atom. The molecule has 0 aromatic rings. The second kappa shape index (κ2) is 10.2. The topological polar surface area (TPSA) is 52.7 Å². The molecule has 0 spiro atoms. The minimum atomic E-state index is 0. The Labute approximate surface area is 152 Å². The molecule has 5 nitrogen and oxygen atoms in total. The zero-order chi connectivity index (χ0) is 16.8. The third kappa shape index (κ3) is 5.92. The van der Waals surface area contributed by atoms with Gasteiger partial charge in [-0.1, -0.05) is 20.8 Å². The normalized spacial score (nSPS) is 23.4. The van der Waals surface area contributed by atoms with E-state index >= 15 is 0 Å². The summed E-state index contributed by atoms with van der Waals surface area (Å²) in [6, 6.07) is 0. The van der Waals surface area contributed by atoms with Crippen LogP contribution >= 0.6 is 12.4 Å². The smallest absolute Gasteiger partial charge is 0.225 e. The summed E-state index contributed by atoms with van der Waals surface area (Å²) in [6.07, 6.45) is 3.99. The molecule has 2 aliphatic heterocycles. The number of rotatable bonds is 4. The number of amides is 2. The fourth-order valence-corrected chi connectivity index (χ4v) is 3.69. The molecule has 0 aromatic heterocycles. The van der Waals surface area contributed by atoms with E-state index in [-0.39, 0.29) is 30.1 Å². The van der Waals surface area contributed by atoms with Gasteiger partial charge in [-0.2, -0.15) is 0 Å². The fourth-order valence-electron chi connectivity index (χ4n) is 3.69. The van der Waals surface area contributed by atoms with Crippen molar-refractivity contribution in [3.63, 3.8) is 0 Å². The van der Waals surface area contributed by atoms with E-state index in [9.17, 15) is 9.59 Å². The largest absolute Gasteiger partial charge is 0.341 e. The van der Waals surface area contributed by atoms with Gasteiger partial charge in [-0.3, -0.25) is 9.59 Å². The van der Waals surface area contributed by atoms with Gasteiger partial charge in [-0.15, -0.1) is 12.4 Å². The minimum absolute atomic E-state index is 0. The molecule has 2 heterocycles. The van der Waals surface area contributed by atoms with Gasteiger partial charge < -0.3 is 15.1 Å². The van der Waals surface area contributed by atoms with Crippen molar-refractivity contribution in [2.75, 3.05) is 39.3 Å². The van der Waals surface area contributed by atoms with Crippen LogP contribution in [0.3, 0.4) is 0 Å². The van der Waals surface area contributed by atoms with Crippen molar-refractivity contribution in [1.82, 2.24) is 15.1 Å². The zero-order valence-corrected chi connectivity index (χ0v) is 16.2. The molecular weight excluding hydrogens is 326 g/mol. The van der Waals surface area contributed by atoms with Gasteiger partial charge in [-0.05, 0) is 44.2 Å². The molecule has 2 amide bonds. The van der Waals surface area contributed by atoms with Crippen LogP contribution in [0, 0.1) is 17.8 Å². The highest BCUT2D eigenvalue weighted by atomic mass is 35.5. The van der Waals surface area contributed by atoms with Crippen LogP contribution in [0.1, 0.15) is 46.5 Å². The summed E-state index contributed by atoms with van der Waals surface area (Å²) in [7, 11) is 0. The lowest BCUT2D eigenvalue weighted by Gasteiger charge is -2.30. The molecule has 0 radical (unpaired) electrons. The third-order valence-corrected chi connectivity index (χ3v) is 5.29. The van der Waals surface area contributed by atoms with Crippen molar-refractivity contribution in [3.05, 3.63) is 0 Å². The second-order valence-electron chi connectivity index (χ2n) is 7.50. The maximum Gasteiger partial charge on any atom is 0.225 e. The van der Waals surface area contributed by atoms with Crippen molar-refractivity contribution >= 4 is 24.2 Å². The van der Waals surface area contributed by atoms with Gasteiger partial charge in [0.1, 0.15) is 0 Å². The van der Waals surface area contributed by atoms with Crippen LogP contribution in [-0.2, 0) is 9.59 Å².